The summed E-state index contributed by atoms with van der Waals surface area (Å²) < 4.78 is 49.0. The third-order valence-electron chi connectivity index (χ3n) is 5.50. The van der Waals surface area contributed by atoms with Crippen LogP contribution in [-0.2, 0) is 27.1 Å². The van der Waals surface area contributed by atoms with Gasteiger partial charge in [-0.05, 0) is 54.6 Å². The zero-order chi connectivity index (χ0) is 25.7. The molecule has 0 aliphatic carbocycles. The van der Waals surface area contributed by atoms with Crippen molar-refractivity contribution in [2.45, 2.75) is 19.1 Å². The quantitative estimate of drug-likeness (QED) is 0.486. The summed E-state index contributed by atoms with van der Waals surface area (Å²) in [5.41, 5.74) is -0.295. The van der Waals surface area contributed by atoms with Crippen LogP contribution in [0.1, 0.15) is 17.7 Å². The first-order valence-corrected chi connectivity index (χ1v) is 11.0. The van der Waals surface area contributed by atoms with Crippen molar-refractivity contribution in [3.05, 3.63) is 78.3 Å². The Hall–Kier alpha value is -4.28. The van der Waals surface area contributed by atoms with Crippen LogP contribution in [-0.4, -0.2) is 30.9 Å². The van der Waals surface area contributed by atoms with Gasteiger partial charge in [-0.3, -0.25) is 14.4 Å². The molecule has 1 saturated heterocycles. The lowest BCUT2D eigenvalue weighted by atomic mass is 10.1. The number of carbonyl (C=O) groups is 3. The van der Waals surface area contributed by atoms with E-state index in [0.29, 0.717) is 17.2 Å². The number of nitrogens with one attached hydrogen (secondary N) is 2. The Kier molecular flexibility index (Phi) is 7.28. The fourth-order valence-electron chi connectivity index (χ4n) is 3.71. The van der Waals surface area contributed by atoms with Gasteiger partial charge in [0.05, 0.1) is 24.3 Å². The fraction of sp³-hybridized carbons (Fsp3) is 0.240. The Balaban J connectivity index is 1.27. The molecule has 0 spiro atoms. The van der Waals surface area contributed by atoms with Crippen LogP contribution in [0.25, 0.3) is 0 Å². The molecule has 2 aromatic carbocycles. The zero-order valence-electron chi connectivity index (χ0n) is 18.9. The highest BCUT2D eigenvalue weighted by Crippen LogP contribution is 2.31. The van der Waals surface area contributed by atoms with Gasteiger partial charge in [-0.2, -0.15) is 13.2 Å². The van der Waals surface area contributed by atoms with Crippen molar-refractivity contribution in [1.29, 1.82) is 0 Å². The van der Waals surface area contributed by atoms with E-state index in [0.717, 1.165) is 12.1 Å². The predicted octanol–water partition coefficient (Wildman–Crippen LogP) is 3.99. The van der Waals surface area contributed by atoms with Crippen molar-refractivity contribution in [3.8, 4) is 5.75 Å². The molecule has 4 rings (SSSR count). The molecule has 2 heterocycles. The van der Waals surface area contributed by atoms with Crippen LogP contribution in [0.3, 0.4) is 0 Å². The maximum absolute atomic E-state index is 12.8. The number of anilines is 2. The van der Waals surface area contributed by atoms with Gasteiger partial charge in [-0.15, -0.1) is 0 Å². The van der Waals surface area contributed by atoms with Crippen molar-refractivity contribution < 1.29 is 36.7 Å². The second-order valence-corrected chi connectivity index (χ2v) is 8.11. The fourth-order valence-corrected chi connectivity index (χ4v) is 3.71. The molecule has 36 heavy (non-hydrogen) atoms. The number of alkyl halides is 3. The molecular formula is C25H22F3N3O5. The van der Waals surface area contributed by atoms with Crippen LogP contribution in [0.2, 0.25) is 0 Å². The molecule has 3 amide bonds. The molecule has 1 fully saturated rings. The van der Waals surface area contributed by atoms with E-state index in [1.54, 1.807) is 36.4 Å². The summed E-state index contributed by atoms with van der Waals surface area (Å²) >= 11 is 0. The topological polar surface area (TPSA) is 101 Å². The Bertz CT molecular complexity index is 1230. The van der Waals surface area contributed by atoms with Crippen molar-refractivity contribution in [2.75, 3.05) is 23.4 Å². The summed E-state index contributed by atoms with van der Waals surface area (Å²) in [5, 5.41) is 5.12. The normalized spacial score (nSPS) is 15.6. The van der Waals surface area contributed by atoms with E-state index in [2.05, 4.69) is 10.6 Å². The second-order valence-electron chi connectivity index (χ2n) is 8.11. The van der Waals surface area contributed by atoms with Gasteiger partial charge in [0.1, 0.15) is 11.5 Å². The molecule has 1 aliphatic heterocycles. The molecule has 1 aliphatic rings. The third kappa shape index (κ3) is 6.23. The van der Waals surface area contributed by atoms with E-state index in [4.69, 9.17) is 9.15 Å². The molecule has 3 aromatic rings. The van der Waals surface area contributed by atoms with Crippen molar-refractivity contribution in [2.24, 2.45) is 5.92 Å². The van der Waals surface area contributed by atoms with E-state index in [9.17, 15) is 27.6 Å². The number of carbonyl (C=O) groups excluding carboxylic acids is 3. The van der Waals surface area contributed by atoms with Crippen LogP contribution in [0.4, 0.5) is 24.5 Å². The van der Waals surface area contributed by atoms with E-state index >= 15 is 0 Å². The molecular weight excluding hydrogens is 479 g/mol. The standard InChI is InChI=1S/C25H22F3N3O5/c26-25(27,28)17-3-1-4-18(12-17)30-22(32)15-36-20-8-6-19(7-9-20)31-14-16(11-23(31)33)24(34)29-13-21-5-2-10-35-21/h1-10,12,16H,11,13-15H2,(H,29,34)(H,30,32)/t16-/m1/s1. The van der Waals surface area contributed by atoms with Crippen LogP contribution in [0, 0.1) is 5.92 Å². The van der Waals surface area contributed by atoms with Gasteiger partial charge in [0.25, 0.3) is 5.91 Å². The Labute approximate surface area is 204 Å². The summed E-state index contributed by atoms with van der Waals surface area (Å²) in [5.74, 6) is -0.614. The number of hydrogen-bond donors (Lipinski definition) is 2. The summed E-state index contributed by atoms with van der Waals surface area (Å²) in [7, 11) is 0. The molecule has 11 heteroatoms. The molecule has 1 atom stereocenters. The SMILES string of the molecule is O=C(COc1ccc(N2C[C@H](C(=O)NCc3ccco3)CC2=O)cc1)Nc1cccc(C(F)(F)F)c1. The maximum atomic E-state index is 12.8. The smallest absolute Gasteiger partial charge is 0.416 e. The highest BCUT2D eigenvalue weighted by atomic mass is 19.4. The summed E-state index contributed by atoms with van der Waals surface area (Å²) in [4.78, 5) is 38.5. The number of rotatable bonds is 8. The van der Waals surface area contributed by atoms with Crippen molar-refractivity contribution >= 4 is 29.1 Å². The van der Waals surface area contributed by atoms with Crippen LogP contribution >= 0.6 is 0 Å². The Morgan fingerprint density at radius 3 is 2.56 bits per heavy atom. The molecule has 2 N–H and O–H groups in total. The van der Waals surface area contributed by atoms with E-state index < -0.39 is 30.2 Å². The van der Waals surface area contributed by atoms with Crippen molar-refractivity contribution in [3.63, 3.8) is 0 Å². The predicted molar refractivity (Wildman–Crippen MR) is 123 cm³/mol. The lowest BCUT2D eigenvalue weighted by molar-refractivity contribution is -0.137. The molecule has 1 aromatic heterocycles. The number of hydrogen-bond acceptors (Lipinski definition) is 5. The maximum Gasteiger partial charge on any atom is 0.416 e. The van der Waals surface area contributed by atoms with Gasteiger partial charge in [0.15, 0.2) is 6.61 Å². The van der Waals surface area contributed by atoms with Gasteiger partial charge >= 0.3 is 6.18 Å². The first kappa shape index (κ1) is 24.8. The lowest BCUT2D eigenvalue weighted by Gasteiger charge is -2.17. The van der Waals surface area contributed by atoms with Crippen LogP contribution in [0.15, 0.2) is 71.3 Å². The lowest BCUT2D eigenvalue weighted by Crippen LogP contribution is -2.32. The number of nitrogens with zero attached hydrogens (tertiary/aromatic N) is 1. The first-order valence-electron chi connectivity index (χ1n) is 11.0. The highest BCUT2D eigenvalue weighted by molar-refractivity contribution is 6.00. The van der Waals surface area contributed by atoms with Gasteiger partial charge in [-0.1, -0.05) is 6.07 Å². The van der Waals surface area contributed by atoms with Gasteiger partial charge in [0, 0.05) is 24.3 Å². The highest BCUT2D eigenvalue weighted by Gasteiger charge is 2.35. The molecule has 0 bridgehead atoms. The summed E-state index contributed by atoms with van der Waals surface area (Å²) in [6.07, 6.45) is -2.92. The minimum Gasteiger partial charge on any atom is -0.484 e. The second kappa shape index (κ2) is 10.5. The number of halogens is 3. The number of furan rings is 1. The average molecular weight is 501 g/mol. The zero-order valence-corrected chi connectivity index (χ0v) is 18.9. The van der Waals surface area contributed by atoms with E-state index in [1.807, 2.05) is 0 Å². The molecule has 0 unspecified atom stereocenters. The molecule has 188 valence electrons. The number of benzene rings is 2. The van der Waals surface area contributed by atoms with Crippen LogP contribution < -0.4 is 20.3 Å². The van der Waals surface area contributed by atoms with E-state index in [1.165, 1.54) is 23.3 Å². The largest absolute Gasteiger partial charge is 0.484 e. The molecule has 0 radical (unpaired) electrons. The third-order valence-corrected chi connectivity index (χ3v) is 5.50. The van der Waals surface area contributed by atoms with Gasteiger partial charge in [0.2, 0.25) is 11.8 Å². The van der Waals surface area contributed by atoms with Crippen LogP contribution in [0.5, 0.6) is 5.75 Å². The van der Waals surface area contributed by atoms with Gasteiger partial charge < -0.3 is 24.7 Å². The molecule has 8 nitrogen and oxygen atoms in total. The monoisotopic (exact) mass is 501 g/mol. The minimum absolute atomic E-state index is 0.00377. The summed E-state index contributed by atoms with van der Waals surface area (Å²) in [6.45, 7) is 0.0441. The first-order chi connectivity index (χ1) is 17.2. The number of amides is 3. The van der Waals surface area contributed by atoms with Gasteiger partial charge in [-0.25, -0.2) is 0 Å². The molecule has 0 saturated carbocycles. The van der Waals surface area contributed by atoms with Crippen molar-refractivity contribution in [1.82, 2.24) is 5.32 Å². The minimum atomic E-state index is -4.51. The number of ether oxygens (including phenoxy) is 1. The Morgan fingerprint density at radius 1 is 1.08 bits per heavy atom. The Morgan fingerprint density at radius 2 is 1.86 bits per heavy atom. The summed E-state index contributed by atoms with van der Waals surface area (Å²) in [6, 6.07) is 14.1. The average Bonchev–Trinajstić information content (AvgIpc) is 3.51. The van der Waals surface area contributed by atoms with E-state index in [-0.39, 0.29) is 37.0 Å².